The Morgan fingerprint density at radius 3 is 2.53 bits per heavy atom. The van der Waals surface area contributed by atoms with Crippen molar-refractivity contribution in [3.8, 4) is 0 Å². The van der Waals surface area contributed by atoms with Crippen molar-refractivity contribution >= 4 is 38.4 Å². The molecule has 5 heteroatoms. The Hall–Kier alpha value is -1.07. The molecule has 0 bridgehead atoms. The third-order valence-corrected chi connectivity index (χ3v) is 5.42. The van der Waals surface area contributed by atoms with Crippen LogP contribution in [0.1, 0.15) is 28.6 Å². The molecule has 0 spiro atoms. The van der Waals surface area contributed by atoms with E-state index in [0.29, 0.717) is 10.6 Å². The zero-order valence-electron chi connectivity index (χ0n) is 11.9. The number of nitrogens with zero attached hydrogens (tertiary/aromatic N) is 1. The Kier molecular flexibility index (Phi) is 3.87. The molecule has 2 aromatic rings. The van der Waals surface area contributed by atoms with Crippen molar-refractivity contribution in [2.24, 2.45) is 0 Å². The minimum atomic E-state index is 0.0124. The summed E-state index contributed by atoms with van der Waals surface area (Å²) in [6.07, 6.45) is 1.84. The summed E-state index contributed by atoms with van der Waals surface area (Å²) < 4.78 is 2.15. The van der Waals surface area contributed by atoms with Gasteiger partial charge in [-0.15, -0.1) is 23.1 Å². The minimum absolute atomic E-state index is 0.0124. The van der Waals surface area contributed by atoms with Gasteiger partial charge < -0.3 is 4.57 Å². The van der Waals surface area contributed by atoms with Gasteiger partial charge in [-0.2, -0.15) is 0 Å². The number of thiophene rings is 1. The van der Waals surface area contributed by atoms with Gasteiger partial charge in [0.2, 0.25) is 5.43 Å². The lowest BCUT2D eigenvalue weighted by Crippen LogP contribution is -2.20. The molecular weight excluding hydrogens is 276 g/mol. The maximum Gasteiger partial charge on any atom is 0.200 e. The van der Waals surface area contributed by atoms with Gasteiger partial charge in [0.15, 0.2) is 0 Å². The topological polar surface area (TPSA) is 45.9 Å². The predicted octanol–water partition coefficient (Wildman–Crippen LogP) is 3.70. The number of thioether (sulfide) groups is 1. The molecule has 0 aliphatic carbocycles. The number of nitrogens with one attached hydrogen (secondary N) is 1. The Morgan fingerprint density at radius 1 is 1.37 bits per heavy atom. The number of aryl methyl sites for hydroxylation is 3. The lowest BCUT2D eigenvalue weighted by atomic mass is 10.1. The molecule has 0 aliphatic heterocycles. The summed E-state index contributed by atoms with van der Waals surface area (Å²) in [4.78, 5) is 14.9. The van der Waals surface area contributed by atoms with Crippen molar-refractivity contribution in [1.82, 2.24) is 4.57 Å². The number of rotatable bonds is 2. The normalized spacial score (nSPS) is 11.2. The van der Waals surface area contributed by atoms with Crippen molar-refractivity contribution < 1.29 is 0 Å². The molecular formula is C14H18N2OS2. The largest absolute Gasteiger partial charge is 0.336 e. The zero-order valence-corrected chi connectivity index (χ0v) is 13.5. The van der Waals surface area contributed by atoms with E-state index in [1.165, 1.54) is 16.6 Å². The summed E-state index contributed by atoms with van der Waals surface area (Å²) in [6, 6.07) is 0. The Morgan fingerprint density at radius 2 is 2.00 bits per heavy atom. The van der Waals surface area contributed by atoms with Crippen LogP contribution in [-0.2, 0) is 6.54 Å². The summed E-state index contributed by atoms with van der Waals surface area (Å²) in [5.74, 6) is 0. The number of hydrogen-bond donors (Lipinski definition) is 1. The standard InChI is InChI=1S/C14H18N2OS2/c1-6-16-8(3)11(13(15)18-5)12(17)10-7(2)9(4)19-14(10)16/h15H,6H2,1-5H3. The van der Waals surface area contributed by atoms with Gasteiger partial charge in [0.05, 0.1) is 16.0 Å². The predicted molar refractivity (Wildman–Crippen MR) is 86.3 cm³/mol. The first kappa shape index (κ1) is 14.3. The molecule has 2 rings (SSSR count). The van der Waals surface area contributed by atoms with Crippen LogP contribution in [0.3, 0.4) is 0 Å². The zero-order chi connectivity index (χ0) is 14.3. The van der Waals surface area contributed by atoms with Gasteiger partial charge in [0, 0.05) is 17.1 Å². The second-order valence-electron chi connectivity index (χ2n) is 4.53. The molecule has 1 N–H and O–H groups in total. The van der Waals surface area contributed by atoms with Gasteiger partial charge in [0.1, 0.15) is 4.83 Å². The summed E-state index contributed by atoms with van der Waals surface area (Å²) in [7, 11) is 0. The highest BCUT2D eigenvalue weighted by atomic mass is 32.2. The highest BCUT2D eigenvalue weighted by molar-refractivity contribution is 8.13. The van der Waals surface area contributed by atoms with E-state index in [2.05, 4.69) is 11.5 Å². The van der Waals surface area contributed by atoms with E-state index in [4.69, 9.17) is 5.41 Å². The number of aromatic nitrogens is 1. The van der Waals surface area contributed by atoms with Gasteiger partial charge in [-0.1, -0.05) is 0 Å². The van der Waals surface area contributed by atoms with Crippen LogP contribution >= 0.6 is 23.1 Å². The molecule has 0 amide bonds. The molecule has 2 heterocycles. The van der Waals surface area contributed by atoms with Crippen LogP contribution in [0.2, 0.25) is 0 Å². The fraction of sp³-hybridized carbons (Fsp3) is 0.429. The van der Waals surface area contributed by atoms with Crippen LogP contribution in [0.15, 0.2) is 4.79 Å². The average Bonchev–Trinajstić information content (AvgIpc) is 2.66. The minimum Gasteiger partial charge on any atom is -0.336 e. The van der Waals surface area contributed by atoms with Crippen LogP contribution < -0.4 is 5.43 Å². The van der Waals surface area contributed by atoms with Gasteiger partial charge in [0.25, 0.3) is 0 Å². The highest BCUT2D eigenvalue weighted by Crippen LogP contribution is 2.30. The second-order valence-corrected chi connectivity index (χ2v) is 6.55. The molecule has 102 valence electrons. The summed E-state index contributed by atoms with van der Waals surface area (Å²) in [5.41, 5.74) is 2.53. The summed E-state index contributed by atoms with van der Waals surface area (Å²) in [6.45, 7) is 8.88. The smallest absolute Gasteiger partial charge is 0.200 e. The molecule has 0 saturated carbocycles. The maximum absolute atomic E-state index is 12.7. The van der Waals surface area contributed by atoms with Gasteiger partial charge in [-0.25, -0.2) is 0 Å². The summed E-state index contributed by atoms with van der Waals surface area (Å²) in [5, 5.41) is 9.19. The lowest BCUT2D eigenvalue weighted by Gasteiger charge is -2.14. The molecule has 0 aromatic carbocycles. The fourth-order valence-electron chi connectivity index (χ4n) is 2.39. The second kappa shape index (κ2) is 5.13. The van der Waals surface area contributed by atoms with Crippen molar-refractivity contribution in [3.05, 3.63) is 31.9 Å². The molecule has 0 unspecified atom stereocenters. The number of fused-ring (bicyclic) bond motifs is 1. The van der Waals surface area contributed by atoms with Crippen molar-refractivity contribution in [1.29, 1.82) is 5.41 Å². The Bertz CT molecular complexity index is 725. The molecule has 19 heavy (non-hydrogen) atoms. The summed E-state index contributed by atoms with van der Waals surface area (Å²) >= 11 is 2.99. The van der Waals surface area contributed by atoms with Gasteiger partial charge in [-0.05, 0) is 39.5 Å². The highest BCUT2D eigenvalue weighted by Gasteiger charge is 2.20. The van der Waals surface area contributed by atoms with E-state index in [0.717, 1.165) is 28.0 Å². The third-order valence-electron chi connectivity index (χ3n) is 3.58. The molecule has 3 nitrogen and oxygen atoms in total. The first-order chi connectivity index (χ1) is 8.93. The number of pyridine rings is 1. The van der Waals surface area contributed by atoms with Crippen LogP contribution in [0.5, 0.6) is 0 Å². The lowest BCUT2D eigenvalue weighted by molar-refractivity contribution is 0.762. The van der Waals surface area contributed by atoms with Gasteiger partial charge in [-0.3, -0.25) is 10.2 Å². The van der Waals surface area contributed by atoms with E-state index >= 15 is 0 Å². The molecule has 0 radical (unpaired) electrons. The van der Waals surface area contributed by atoms with E-state index < -0.39 is 0 Å². The Balaban J connectivity index is 3.04. The van der Waals surface area contributed by atoms with Crippen molar-refractivity contribution in [2.75, 3.05) is 6.26 Å². The van der Waals surface area contributed by atoms with E-state index in [1.54, 1.807) is 11.3 Å². The third kappa shape index (κ3) is 2.05. The van der Waals surface area contributed by atoms with E-state index in [9.17, 15) is 4.79 Å². The quantitative estimate of drug-likeness (QED) is 0.678. The average molecular weight is 294 g/mol. The first-order valence-corrected chi connectivity index (χ1v) is 8.24. The van der Waals surface area contributed by atoms with Crippen LogP contribution in [-0.4, -0.2) is 15.9 Å². The van der Waals surface area contributed by atoms with E-state index in [1.807, 2.05) is 27.0 Å². The molecule has 0 aliphatic rings. The van der Waals surface area contributed by atoms with Crippen LogP contribution in [0.4, 0.5) is 0 Å². The Labute approximate surface area is 121 Å². The maximum atomic E-state index is 12.7. The van der Waals surface area contributed by atoms with Crippen LogP contribution in [0, 0.1) is 26.2 Å². The van der Waals surface area contributed by atoms with E-state index in [-0.39, 0.29) is 5.43 Å². The molecule has 0 fully saturated rings. The first-order valence-electron chi connectivity index (χ1n) is 6.20. The van der Waals surface area contributed by atoms with Crippen molar-refractivity contribution in [2.45, 2.75) is 34.2 Å². The van der Waals surface area contributed by atoms with Gasteiger partial charge >= 0.3 is 0 Å². The molecule has 2 aromatic heterocycles. The molecule has 0 atom stereocenters. The number of hydrogen-bond acceptors (Lipinski definition) is 4. The molecule has 0 saturated heterocycles. The van der Waals surface area contributed by atoms with Crippen molar-refractivity contribution in [3.63, 3.8) is 0 Å². The monoisotopic (exact) mass is 294 g/mol. The SMILES string of the molecule is CCn1c(C)c(C(=N)SC)c(=O)c2c(C)c(C)sc21. The van der Waals surface area contributed by atoms with Crippen LogP contribution in [0.25, 0.3) is 10.2 Å². The fourth-order valence-corrected chi connectivity index (χ4v) is 4.11.